The first kappa shape index (κ1) is 20.8. The van der Waals surface area contributed by atoms with Gasteiger partial charge >= 0.3 is 5.97 Å². The highest BCUT2D eigenvalue weighted by Gasteiger charge is 2.29. The molecule has 2 N–H and O–H groups in total. The summed E-state index contributed by atoms with van der Waals surface area (Å²) in [7, 11) is -4.03. The van der Waals surface area contributed by atoms with Crippen LogP contribution in [0.4, 0.5) is 5.69 Å². The number of sulfonamides is 1. The molecule has 1 atom stereocenters. The molecule has 0 amide bonds. The average Bonchev–Trinajstić information content (AvgIpc) is 2.71. The number of rotatable bonds is 7. The molecule has 3 rings (SSSR count). The zero-order chi connectivity index (χ0) is 21.0. The Balaban J connectivity index is 2.12. The summed E-state index contributed by atoms with van der Waals surface area (Å²) in [6, 6.07) is 19.0. The Morgan fingerprint density at radius 3 is 2.34 bits per heavy atom. The Morgan fingerprint density at radius 1 is 1.03 bits per heavy atom. The minimum Gasteiger partial charge on any atom is -0.465 e. The number of benzene rings is 3. The Bertz CT molecular complexity index is 1100. The predicted octanol–water partition coefficient (Wildman–Crippen LogP) is 3.62. The summed E-state index contributed by atoms with van der Waals surface area (Å²) in [4.78, 5) is 12.3. The molecule has 0 saturated carbocycles. The predicted molar refractivity (Wildman–Crippen MR) is 114 cm³/mol. The maximum atomic E-state index is 13.6. The third kappa shape index (κ3) is 4.41. The molecule has 152 valence electrons. The van der Waals surface area contributed by atoms with Gasteiger partial charge in [0.15, 0.2) is 0 Å². The monoisotopic (exact) mass is 412 g/mol. The SMILES string of the molecule is CCOC(=O)CN(c1ccc(C(C)N)cc1)S(=O)(=O)c1cccc2ccccc12. The molecule has 0 aliphatic carbocycles. The Hall–Kier alpha value is -2.90. The first-order chi connectivity index (χ1) is 13.8. The van der Waals surface area contributed by atoms with Crippen molar-refractivity contribution in [1.82, 2.24) is 0 Å². The van der Waals surface area contributed by atoms with E-state index in [2.05, 4.69) is 0 Å². The molecule has 29 heavy (non-hydrogen) atoms. The number of fused-ring (bicyclic) bond motifs is 1. The van der Waals surface area contributed by atoms with Crippen LogP contribution < -0.4 is 10.0 Å². The molecule has 0 heterocycles. The second kappa shape index (κ2) is 8.63. The lowest BCUT2D eigenvalue weighted by Crippen LogP contribution is -2.36. The number of esters is 1. The van der Waals surface area contributed by atoms with Gasteiger partial charge in [0.1, 0.15) is 6.54 Å². The van der Waals surface area contributed by atoms with Crippen molar-refractivity contribution in [2.75, 3.05) is 17.5 Å². The number of hydrogen-bond donors (Lipinski definition) is 1. The summed E-state index contributed by atoms with van der Waals surface area (Å²) >= 11 is 0. The molecule has 3 aromatic carbocycles. The van der Waals surface area contributed by atoms with Gasteiger partial charge in [0.25, 0.3) is 10.0 Å². The van der Waals surface area contributed by atoms with E-state index in [9.17, 15) is 13.2 Å². The number of nitrogens with zero attached hydrogens (tertiary/aromatic N) is 1. The molecule has 0 aromatic heterocycles. The summed E-state index contributed by atoms with van der Waals surface area (Å²) in [6.07, 6.45) is 0. The maximum absolute atomic E-state index is 13.6. The topological polar surface area (TPSA) is 89.7 Å². The van der Waals surface area contributed by atoms with Crippen molar-refractivity contribution in [1.29, 1.82) is 0 Å². The highest BCUT2D eigenvalue weighted by atomic mass is 32.2. The number of carbonyl (C=O) groups is 1. The summed E-state index contributed by atoms with van der Waals surface area (Å²) in [5.41, 5.74) is 7.13. The summed E-state index contributed by atoms with van der Waals surface area (Å²) in [5, 5.41) is 1.40. The Kier molecular flexibility index (Phi) is 6.20. The molecule has 0 spiro atoms. The molecule has 6 nitrogen and oxygen atoms in total. The lowest BCUT2D eigenvalue weighted by Gasteiger charge is -2.24. The third-order valence-electron chi connectivity index (χ3n) is 4.60. The highest BCUT2D eigenvalue weighted by Crippen LogP contribution is 2.29. The van der Waals surface area contributed by atoms with E-state index in [1.54, 1.807) is 55.5 Å². The number of nitrogens with two attached hydrogens (primary N) is 1. The average molecular weight is 413 g/mol. The van der Waals surface area contributed by atoms with E-state index in [-0.39, 0.29) is 17.5 Å². The number of hydrogen-bond acceptors (Lipinski definition) is 5. The van der Waals surface area contributed by atoms with Crippen LogP contribution in [0.15, 0.2) is 71.6 Å². The van der Waals surface area contributed by atoms with E-state index in [4.69, 9.17) is 10.5 Å². The van der Waals surface area contributed by atoms with Crippen molar-refractivity contribution >= 4 is 32.5 Å². The van der Waals surface area contributed by atoms with Crippen molar-refractivity contribution in [2.45, 2.75) is 24.8 Å². The maximum Gasteiger partial charge on any atom is 0.326 e. The van der Waals surface area contributed by atoms with E-state index in [1.807, 2.05) is 25.1 Å². The summed E-state index contributed by atoms with van der Waals surface area (Å²) < 4.78 is 33.3. The van der Waals surface area contributed by atoms with Gasteiger partial charge in [0, 0.05) is 11.4 Å². The van der Waals surface area contributed by atoms with Crippen molar-refractivity contribution < 1.29 is 17.9 Å². The highest BCUT2D eigenvalue weighted by molar-refractivity contribution is 7.93. The van der Waals surface area contributed by atoms with Crippen LogP contribution in [0.3, 0.4) is 0 Å². The smallest absolute Gasteiger partial charge is 0.326 e. The molecule has 0 bridgehead atoms. The van der Waals surface area contributed by atoms with Crippen LogP contribution in [0.5, 0.6) is 0 Å². The fraction of sp³-hybridized carbons (Fsp3) is 0.227. The number of ether oxygens (including phenoxy) is 1. The van der Waals surface area contributed by atoms with Crippen LogP contribution in [0, 0.1) is 0 Å². The lowest BCUT2D eigenvalue weighted by molar-refractivity contribution is -0.141. The van der Waals surface area contributed by atoms with Gasteiger partial charge in [0.2, 0.25) is 0 Å². The minimum atomic E-state index is -4.03. The van der Waals surface area contributed by atoms with Crippen molar-refractivity contribution in [3.63, 3.8) is 0 Å². The van der Waals surface area contributed by atoms with Gasteiger partial charge < -0.3 is 10.5 Å². The van der Waals surface area contributed by atoms with Gasteiger partial charge in [-0.3, -0.25) is 9.10 Å². The van der Waals surface area contributed by atoms with E-state index in [1.165, 1.54) is 0 Å². The minimum absolute atomic E-state index is 0.135. The number of carbonyl (C=O) groups excluding carboxylic acids is 1. The van der Waals surface area contributed by atoms with E-state index < -0.39 is 22.5 Å². The summed E-state index contributed by atoms with van der Waals surface area (Å²) in [6.45, 7) is 3.28. The van der Waals surface area contributed by atoms with Crippen LogP contribution in [-0.2, 0) is 19.6 Å². The second-order valence-corrected chi connectivity index (χ2v) is 8.50. The van der Waals surface area contributed by atoms with Crippen LogP contribution in [-0.4, -0.2) is 27.5 Å². The molecule has 3 aromatic rings. The molecular formula is C22H24N2O4S. The van der Waals surface area contributed by atoms with Gasteiger partial charge in [-0.2, -0.15) is 0 Å². The largest absolute Gasteiger partial charge is 0.465 e. The molecule has 0 radical (unpaired) electrons. The molecule has 0 aliphatic rings. The van der Waals surface area contributed by atoms with Gasteiger partial charge in [-0.1, -0.05) is 48.5 Å². The fourth-order valence-corrected chi connectivity index (χ4v) is 4.75. The van der Waals surface area contributed by atoms with Gasteiger partial charge in [-0.25, -0.2) is 8.42 Å². The van der Waals surface area contributed by atoms with E-state index in [0.29, 0.717) is 11.1 Å². The number of anilines is 1. The normalized spacial score (nSPS) is 12.5. The molecule has 0 fully saturated rings. The van der Waals surface area contributed by atoms with E-state index in [0.717, 1.165) is 15.3 Å². The van der Waals surface area contributed by atoms with Crippen LogP contribution in [0.2, 0.25) is 0 Å². The second-order valence-electron chi connectivity index (χ2n) is 6.67. The Morgan fingerprint density at radius 2 is 1.69 bits per heavy atom. The zero-order valence-corrected chi connectivity index (χ0v) is 17.2. The van der Waals surface area contributed by atoms with Gasteiger partial charge in [-0.05, 0) is 43.0 Å². The standard InChI is InChI=1S/C22H24N2O4S/c1-3-28-22(25)15-24(19-13-11-17(12-14-19)16(2)23)29(26,27)21-10-6-8-18-7-4-5-9-20(18)21/h4-14,16H,3,15,23H2,1-2H3. The van der Waals surface area contributed by atoms with Crippen LogP contribution >= 0.6 is 0 Å². The van der Waals surface area contributed by atoms with E-state index >= 15 is 0 Å². The van der Waals surface area contributed by atoms with Crippen LogP contribution in [0.25, 0.3) is 10.8 Å². The van der Waals surface area contributed by atoms with Crippen molar-refractivity contribution in [3.8, 4) is 0 Å². The molecule has 0 aliphatic heterocycles. The first-order valence-electron chi connectivity index (χ1n) is 9.36. The van der Waals surface area contributed by atoms with Gasteiger partial charge in [-0.15, -0.1) is 0 Å². The molecular weight excluding hydrogens is 388 g/mol. The third-order valence-corrected chi connectivity index (χ3v) is 6.43. The lowest BCUT2D eigenvalue weighted by atomic mass is 10.1. The molecule has 1 unspecified atom stereocenters. The Labute approximate surface area is 170 Å². The first-order valence-corrected chi connectivity index (χ1v) is 10.8. The zero-order valence-electron chi connectivity index (χ0n) is 16.4. The quantitative estimate of drug-likeness (QED) is 0.599. The molecule has 0 saturated heterocycles. The van der Waals surface area contributed by atoms with Crippen LogP contribution in [0.1, 0.15) is 25.5 Å². The fourth-order valence-electron chi connectivity index (χ4n) is 3.12. The molecule has 7 heteroatoms. The van der Waals surface area contributed by atoms with Gasteiger partial charge in [0.05, 0.1) is 17.2 Å². The summed E-state index contributed by atoms with van der Waals surface area (Å²) in [5.74, 6) is -0.618. The van der Waals surface area contributed by atoms with Crippen molar-refractivity contribution in [2.24, 2.45) is 5.73 Å². The van der Waals surface area contributed by atoms with Crippen molar-refractivity contribution in [3.05, 3.63) is 72.3 Å².